The third kappa shape index (κ3) is 4.72. The number of hydrogen-bond donors (Lipinski definition) is 1. The number of amides is 1. The molecule has 0 atom stereocenters. The molecule has 0 radical (unpaired) electrons. The molecule has 0 aliphatic carbocycles. The number of aryl methyl sites for hydroxylation is 2. The molecule has 9 heteroatoms. The first-order valence-electron chi connectivity index (χ1n) is 8.63. The van der Waals surface area contributed by atoms with Crippen LogP contribution >= 0.6 is 11.6 Å². The van der Waals surface area contributed by atoms with E-state index in [0.717, 1.165) is 27.9 Å². The van der Waals surface area contributed by atoms with Crippen LogP contribution in [0.25, 0.3) is 0 Å². The molecule has 0 bridgehead atoms. The SMILES string of the molecule is Cc1ccc(S(=O)(=O)c2ccc(=O)n(CC(=O)Nc3cc(Cl)ccc3C)n2)cc1. The Morgan fingerprint density at radius 3 is 2.45 bits per heavy atom. The van der Waals surface area contributed by atoms with Crippen molar-refractivity contribution >= 4 is 33.0 Å². The number of benzene rings is 2. The van der Waals surface area contributed by atoms with Crippen molar-refractivity contribution in [3.63, 3.8) is 0 Å². The van der Waals surface area contributed by atoms with E-state index in [2.05, 4.69) is 10.4 Å². The van der Waals surface area contributed by atoms with E-state index in [4.69, 9.17) is 11.6 Å². The van der Waals surface area contributed by atoms with Gasteiger partial charge >= 0.3 is 0 Å². The molecule has 3 rings (SSSR count). The predicted octanol–water partition coefficient (Wildman–Crippen LogP) is 2.99. The number of anilines is 1. The minimum absolute atomic E-state index is 0.0554. The first-order chi connectivity index (χ1) is 13.7. The third-order valence-corrected chi connectivity index (χ3v) is 6.11. The monoisotopic (exact) mass is 431 g/mol. The van der Waals surface area contributed by atoms with E-state index < -0.39 is 27.8 Å². The summed E-state index contributed by atoms with van der Waals surface area (Å²) in [5, 5.41) is 6.68. The Labute approximate surface area is 172 Å². The second-order valence-corrected chi connectivity index (χ2v) is 8.82. The number of rotatable bonds is 5. The van der Waals surface area contributed by atoms with Crippen molar-refractivity contribution in [1.82, 2.24) is 9.78 Å². The van der Waals surface area contributed by atoms with Gasteiger partial charge in [0.15, 0.2) is 5.03 Å². The van der Waals surface area contributed by atoms with Gasteiger partial charge in [0.2, 0.25) is 15.7 Å². The van der Waals surface area contributed by atoms with Crippen molar-refractivity contribution in [3.05, 3.63) is 81.1 Å². The molecular formula is C20H18ClN3O4S. The van der Waals surface area contributed by atoms with Gasteiger partial charge in [0.25, 0.3) is 5.56 Å². The van der Waals surface area contributed by atoms with Crippen LogP contribution in [0.3, 0.4) is 0 Å². The summed E-state index contributed by atoms with van der Waals surface area (Å²) < 4.78 is 26.4. The second-order valence-electron chi connectivity index (χ2n) is 6.49. The van der Waals surface area contributed by atoms with E-state index in [1.807, 2.05) is 6.92 Å². The van der Waals surface area contributed by atoms with E-state index in [1.54, 1.807) is 37.3 Å². The summed E-state index contributed by atoms with van der Waals surface area (Å²) in [5.41, 5.74) is 1.61. The second kappa shape index (κ2) is 8.18. The lowest BCUT2D eigenvalue weighted by atomic mass is 10.2. The fourth-order valence-corrected chi connectivity index (χ4v) is 3.94. The summed E-state index contributed by atoms with van der Waals surface area (Å²) in [6.45, 7) is 3.20. The Hall–Kier alpha value is -2.97. The lowest BCUT2D eigenvalue weighted by Gasteiger charge is -2.11. The van der Waals surface area contributed by atoms with E-state index in [-0.39, 0.29) is 9.92 Å². The van der Waals surface area contributed by atoms with Gasteiger partial charge in [-0.25, -0.2) is 13.1 Å². The van der Waals surface area contributed by atoms with Gasteiger partial charge in [0.1, 0.15) is 6.54 Å². The van der Waals surface area contributed by atoms with Crippen molar-refractivity contribution in [2.45, 2.75) is 30.3 Å². The molecule has 1 N–H and O–H groups in total. The smallest absolute Gasteiger partial charge is 0.267 e. The molecule has 0 saturated heterocycles. The Morgan fingerprint density at radius 1 is 1.07 bits per heavy atom. The van der Waals surface area contributed by atoms with Crippen LogP contribution in [-0.4, -0.2) is 24.1 Å². The predicted molar refractivity (Wildman–Crippen MR) is 110 cm³/mol. The Balaban J connectivity index is 1.87. The maximum atomic E-state index is 12.8. The van der Waals surface area contributed by atoms with E-state index in [9.17, 15) is 18.0 Å². The Bertz CT molecular complexity index is 1240. The minimum Gasteiger partial charge on any atom is -0.324 e. The average molecular weight is 432 g/mol. The first kappa shape index (κ1) is 20.8. The van der Waals surface area contributed by atoms with Crippen LogP contribution in [0.1, 0.15) is 11.1 Å². The highest BCUT2D eigenvalue weighted by atomic mass is 35.5. The minimum atomic E-state index is -3.92. The standard InChI is InChI=1S/C20H18ClN3O4S/c1-13-3-7-16(8-4-13)29(27,28)19-9-10-20(26)24(23-19)12-18(25)22-17-11-15(21)6-5-14(17)2/h3-11H,12H2,1-2H3,(H,22,25). The molecule has 0 aliphatic rings. The van der Waals surface area contributed by atoms with Crippen LogP contribution in [0.5, 0.6) is 0 Å². The highest BCUT2D eigenvalue weighted by Gasteiger charge is 2.21. The Morgan fingerprint density at radius 2 is 1.76 bits per heavy atom. The molecule has 0 saturated carbocycles. The van der Waals surface area contributed by atoms with Gasteiger partial charge in [0.05, 0.1) is 4.90 Å². The lowest BCUT2D eigenvalue weighted by Crippen LogP contribution is -2.30. The lowest BCUT2D eigenvalue weighted by molar-refractivity contribution is -0.117. The van der Waals surface area contributed by atoms with Crippen molar-refractivity contribution in [3.8, 4) is 0 Å². The molecule has 2 aromatic carbocycles. The molecule has 0 unspecified atom stereocenters. The Kier molecular flexibility index (Phi) is 5.86. The van der Waals surface area contributed by atoms with Crippen molar-refractivity contribution < 1.29 is 13.2 Å². The van der Waals surface area contributed by atoms with Gasteiger partial charge < -0.3 is 5.32 Å². The van der Waals surface area contributed by atoms with Crippen LogP contribution in [-0.2, 0) is 21.2 Å². The highest BCUT2D eigenvalue weighted by Crippen LogP contribution is 2.20. The molecule has 150 valence electrons. The summed E-state index contributed by atoms with van der Waals surface area (Å²) in [4.78, 5) is 24.5. The summed E-state index contributed by atoms with van der Waals surface area (Å²) in [6.07, 6.45) is 0. The first-order valence-corrected chi connectivity index (χ1v) is 10.5. The normalized spacial score (nSPS) is 11.3. The van der Waals surface area contributed by atoms with Crippen LogP contribution in [0.15, 0.2) is 69.3 Å². The van der Waals surface area contributed by atoms with Crippen LogP contribution in [0, 0.1) is 13.8 Å². The van der Waals surface area contributed by atoms with E-state index in [0.29, 0.717) is 10.7 Å². The highest BCUT2D eigenvalue weighted by molar-refractivity contribution is 7.91. The van der Waals surface area contributed by atoms with Gasteiger partial charge in [-0.15, -0.1) is 0 Å². The zero-order valence-electron chi connectivity index (χ0n) is 15.7. The number of carbonyl (C=O) groups is 1. The van der Waals surface area contributed by atoms with Crippen molar-refractivity contribution in [2.75, 3.05) is 5.32 Å². The maximum Gasteiger partial charge on any atom is 0.267 e. The number of halogens is 1. The van der Waals surface area contributed by atoms with Crippen LogP contribution < -0.4 is 10.9 Å². The van der Waals surface area contributed by atoms with Crippen LogP contribution in [0.2, 0.25) is 5.02 Å². The number of carbonyl (C=O) groups excluding carboxylic acids is 1. The number of hydrogen-bond acceptors (Lipinski definition) is 5. The molecular weight excluding hydrogens is 414 g/mol. The third-order valence-electron chi connectivity index (χ3n) is 4.22. The topological polar surface area (TPSA) is 98.1 Å². The zero-order chi connectivity index (χ0) is 21.2. The fraction of sp³-hybridized carbons (Fsp3) is 0.150. The zero-order valence-corrected chi connectivity index (χ0v) is 17.3. The fourth-order valence-electron chi connectivity index (χ4n) is 2.58. The number of nitrogens with zero attached hydrogens (tertiary/aromatic N) is 2. The summed E-state index contributed by atoms with van der Waals surface area (Å²) in [7, 11) is -3.92. The molecule has 29 heavy (non-hydrogen) atoms. The molecule has 1 heterocycles. The van der Waals surface area contributed by atoms with Gasteiger partial charge in [-0.05, 0) is 49.7 Å². The van der Waals surface area contributed by atoms with E-state index in [1.165, 1.54) is 12.1 Å². The van der Waals surface area contributed by atoms with Gasteiger partial charge in [-0.2, -0.15) is 5.10 Å². The quantitative estimate of drug-likeness (QED) is 0.669. The van der Waals surface area contributed by atoms with Crippen molar-refractivity contribution in [1.29, 1.82) is 0 Å². The summed E-state index contributed by atoms with van der Waals surface area (Å²) >= 11 is 5.94. The summed E-state index contributed by atoms with van der Waals surface area (Å²) in [5.74, 6) is -0.533. The molecule has 3 aromatic rings. The molecule has 0 aliphatic heterocycles. The van der Waals surface area contributed by atoms with Gasteiger partial charge in [-0.1, -0.05) is 35.4 Å². The molecule has 7 nitrogen and oxygen atoms in total. The van der Waals surface area contributed by atoms with E-state index >= 15 is 0 Å². The number of sulfone groups is 1. The number of aromatic nitrogens is 2. The van der Waals surface area contributed by atoms with Crippen molar-refractivity contribution in [2.24, 2.45) is 0 Å². The molecule has 1 aromatic heterocycles. The molecule has 0 spiro atoms. The average Bonchev–Trinajstić information content (AvgIpc) is 2.66. The van der Waals surface area contributed by atoms with Crippen LogP contribution in [0.4, 0.5) is 5.69 Å². The largest absolute Gasteiger partial charge is 0.324 e. The van der Waals surface area contributed by atoms with Gasteiger partial charge in [0, 0.05) is 16.8 Å². The maximum absolute atomic E-state index is 12.8. The molecule has 1 amide bonds. The molecule has 0 fully saturated rings. The summed E-state index contributed by atoms with van der Waals surface area (Å²) in [6, 6.07) is 13.5. The number of nitrogens with one attached hydrogen (secondary N) is 1. The van der Waals surface area contributed by atoms with Gasteiger partial charge in [-0.3, -0.25) is 9.59 Å².